The molecule has 428 valence electrons. The molecule has 0 spiro atoms. The van der Waals surface area contributed by atoms with Crippen LogP contribution in [0.15, 0.2) is 208 Å². The molecule has 19 heteroatoms. The van der Waals surface area contributed by atoms with E-state index < -0.39 is 0 Å². The predicted molar refractivity (Wildman–Crippen MR) is 334 cm³/mol. The molecule has 87 heavy (non-hydrogen) atoms. The molecule has 11 heterocycles. The van der Waals surface area contributed by atoms with Gasteiger partial charge < -0.3 is 4.57 Å². The molecule has 0 amide bonds. The number of rotatable bonds is 13. The number of aryl methyl sites for hydroxylation is 2. The zero-order valence-corrected chi connectivity index (χ0v) is 49.4. The van der Waals surface area contributed by atoms with Crippen molar-refractivity contribution in [1.29, 1.82) is 0 Å². The largest absolute Gasteiger partial charge is 0.306 e. The summed E-state index contributed by atoms with van der Waals surface area (Å²) in [7, 11) is 0. The molecule has 0 radical (unpaired) electrons. The van der Waals surface area contributed by atoms with E-state index in [1.807, 2.05) is 188 Å². The van der Waals surface area contributed by atoms with Gasteiger partial charge in [0.1, 0.15) is 58.3 Å². The van der Waals surface area contributed by atoms with Crippen molar-refractivity contribution >= 4 is 0 Å². The summed E-state index contributed by atoms with van der Waals surface area (Å²) in [6.07, 6.45) is 20.2. The number of hydrogen-bond acceptors (Lipinski definition) is 16. The van der Waals surface area contributed by atoms with Crippen LogP contribution in [0.4, 0.5) is 0 Å². The minimum absolute atomic E-state index is 0.132. The van der Waals surface area contributed by atoms with Crippen molar-refractivity contribution in [2.45, 2.75) is 73.1 Å². The average Bonchev–Trinajstić information content (AvgIpc) is 4.33. The number of H-pyrrole nitrogens is 1. The van der Waals surface area contributed by atoms with E-state index in [0.717, 1.165) is 79.3 Å². The molecule has 0 bridgehead atoms. The van der Waals surface area contributed by atoms with Gasteiger partial charge in [-0.2, -0.15) is 0 Å². The van der Waals surface area contributed by atoms with Crippen LogP contribution in [0.1, 0.15) is 88.2 Å². The minimum atomic E-state index is 0.132. The average molecular weight is 1150 g/mol. The van der Waals surface area contributed by atoms with Gasteiger partial charge >= 0.3 is 0 Å². The summed E-state index contributed by atoms with van der Waals surface area (Å²) < 4.78 is 3.98. The fraction of sp³-hybridized carbons (Fsp3) is 0.162. The van der Waals surface area contributed by atoms with Gasteiger partial charge in [-0.05, 0) is 123 Å². The van der Waals surface area contributed by atoms with Gasteiger partial charge in [0.05, 0.1) is 12.0 Å². The van der Waals surface area contributed by atoms with Crippen molar-refractivity contribution in [2.75, 3.05) is 0 Å². The normalized spacial score (nSPS) is 11.1. The maximum absolute atomic E-state index is 4.79. The number of imidazole rings is 2. The monoisotopic (exact) mass is 1140 g/mol. The van der Waals surface area contributed by atoms with Crippen LogP contribution in [0.5, 0.6) is 0 Å². The maximum atomic E-state index is 4.79. The van der Waals surface area contributed by atoms with Crippen molar-refractivity contribution < 1.29 is 4.57 Å². The molecule has 0 fully saturated rings. The third-order valence-corrected chi connectivity index (χ3v) is 13.6. The van der Waals surface area contributed by atoms with Crippen molar-refractivity contribution in [3.8, 4) is 103 Å². The Bertz CT molecular complexity index is 4090. The van der Waals surface area contributed by atoms with Crippen LogP contribution in [-0.2, 0) is 0 Å². The van der Waals surface area contributed by atoms with Crippen LogP contribution in [-0.4, -0.2) is 89.3 Å². The topological polar surface area (TPSA) is 231 Å². The Morgan fingerprint density at radius 3 is 1.34 bits per heavy atom. The molecular formula is C68H62N19+. The number of nitrogens with zero attached hydrogens (tertiary/aromatic N) is 18. The number of nitrogens with one attached hydrogen (secondary N) is 1. The Hall–Kier alpha value is -11.2. The van der Waals surface area contributed by atoms with E-state index in [0.29, 0.717) is 52.2 Å². The molecule has 0 saturated carbocycles. The van der Waals surface area contributed by atoms with Crippen LogP contribution in [0.25, 0.3) is 103 Å². The van der Waals surface area contributed by atoms with Crippen LogP contribution < -0.4 is 4.57 Å². The zero-order valence-electron chi connectivity index (χ0n) is 49.4. The first-order valence-corrected chi connectivity index (χ1v) is 28.5. The molecular weight excluding hydrogens is 1080 g/mol. The van der Waals surface area contributed by atoms with E-state index in [4.69, 9.17) is 15.0 Å². The minimum Gasteiger partial charge on any atom is -0.306 e. The number of aromatic nitrogens is 19. The van der Waals surface area contributed by atoms with Crippen molar-refractivity contribution in [3.05, 3.63) is 237 Å². The van der Waals surface area contributed by atoms with Crippen LogP contribution >= 0.6 is 0 Å². The summed E-state index contributed by atoms with van der Waals surface area (Å²) in [6, 6.07) is 45.5. The number of benzene rings is 2. The molecule has 0 atom stereocenters. The third kappa shape index (κ3) is 14.2. The van der Waals surface area contributed by atoms with Crippen LogP contribution in [0.2, 0.25) is 0 Å². The van der Waals surface area contributed by atoms with Crippen LogP contribution in [0.3, 0.4) is 0 Å². The van der Waals surface area contributed by atoms with Crippen LogP contribution in [0, 0.1) is 13.8 Å². The Kier molecular flexibility index (Phi) is 17.6. The first kappa shape index (κ1) is 57.6. The molecule has 0 aliphatic carbocycles. The van der Waals surface area contributed by atoms with Gasteiger partial charge in [0.15, 0.2) is 34.9 Å². The third-order valence-electron chi connectivity index (χ3n) is 13.6. The Morgan fingerprint density at radius 1 is 0.379 bits per heavy atom. The summed E-state index contributed by atoms with van der Waals surface area (Å²) in [5, 5.41) is 0. The van der Waals surface area contributed by atoms with Gasteiger partial charge in [-0.15, -0.1) is 0 Å². The zero-order chi connectivity index (χ0) is 60.2. The smallest absolute Gasteiger partial charge is 0.246 e. The van der Waals surface area contributed by atoms with E-state index in [1.54, 1.807) is 31.1 Å². The standard InChI is InChI=1S/C26H21N7.C24H21N7.C18H19N5/c1-17(2)24-31-25(22-10-8-19(15-29-22)18-6-5-12-27-14-18)33-26(32-24)23-11-9-20(16-30-23)21-7-3-4-13-28-21;1-17(2)22-27-23(18-3-7-20(8-4-18)30-13-11-25-15-30)29-24(28-22)19-5-9-21(10-6-19)31-14-12-26-16-31;1-11(2)16-21-17(14-9-5-7-12(3)19-14)23-18(22-16)15-10-6-8-13(4)20-15/h3-17H,1-2H3;3-17H,1-2H3;5-11H,1-4H3/p+1. The van der Waals surface area contributed by atoms with E-state index in [9.17, 15) is 0 Å². The highest BCUT2D eigenvalue weighted by atomic mass is 15.1. The molecule has 13 rings (SSSR count). The second kappa shape index (κ2) is 26.6. The summed E-state index contributed by atoms with van der Waals surface area (Å²) in [4.78, 5) is 76.0. The quantitative estimate of drug-likeness (QED) is 0.106. The molecule has 13 aromatic rings. The predicted octanol–water partition coefficient (Wildman–Crippen LogP) is 13.1. The van der Waals surface area contributed by atoms with Crippen molar-refractivity contribution in [2.24, 2.45) is 0 Å². The number of aromatic amines is 1. The molecule has 0 unspecified atom stereocenters. The molecule has 1 N–H and O–H groups in total. The Morgan fingerprint density at radius 2 is 0.885 bits per heavy atom. The highest BCUT2D eigenvalue weighted by Gasteiger charge is 2.18. The van der Waals surface area contributed by atoms with Gasteiger partial charge in [0.25, 0.3) is 0 Å². The lowest BCUT2D eigenvalue weighted by Gasteiger charge is -2.10. The Labute approximate surface area is 504 Å². The van der Waals surface area contributed by atoms with E-state index in [2.05, 4.69) is 123 Å². The molecule has 19 nitrogen and oxygen atoms in total. The van der Waals surface area contributed by atoms with Crippen molar-refractivity contribution in [1.82, 2.24) is 89.3 Å². The molecule has 2 aromatic carbocycles. The number of pyridine rings is 6. The van der Waals surface area contributed by atoms with Crippen molar-refractivity contribution in [3.63, 3.8) is 0 Å². The van der Waals surface area contributed by atoms with E-state index >= 15 is 0 Å². The molecule has 0 aliphatic heterocycles. The lowest BCUT2D eigenvalue weighted by atomic mass is 10.1. The fourth-order valence-corrected chi connectivity index (χ4v) is 8.87. The lowest BCUT2D eigenvalue weighted by Crippen LogP contribution is -2.26. The molecule has 0 saturated heterocycles. The SMILES string of the molecule is CC(C)c1nc(-c2ccc(-c3cccnc3)cn2)nc(-c2ccc(-c3ccccn3)cn2)n1.CC(C)c1nc(-c2ccc(-n3ccnc3)cc2)nc(-c2ccc(-[n+]3cc[nH]c3)cc2)n1.Cc1cccc(-c2nc(-c3cccc(C)n3)nc(C(C)C)n2)n1. The summed E-state index contributed by atoms with van der Waals surface area (Å²) in [5.41, 5.74) is 12.5. The van der Waals surface area contributed by atoms with Gasteiger partial charge in [-0.3, -0.25) is 19.9 Å². The highest BCUT2D eigenvalue weighted by Crippen LogP contribution is 2.28. The van der Waals surface area contributed by atoms with Gasteiger partial charge in [0, 0.05) is 106 Å². The van der Waals surface area contributed by atoms with Gasteiger partial charge in [0.2, 0.25) is 6.33 Å². The van der Waals surface area contributed by atoms with Gasteiger partial charge in [-0.1, -0.05) is 71.9 Å². The highest BCUT2D eigenvalue weighted by molar-refractivity contribution is 5.66. The fourth-order valence-electron chi connectivity index (χ4n) is 8.87. The first-order valence-electron chi connectivity index (χ1n) is 28.5. The second-order valence-corrected chi connectivity index (χ2v) is 21.2. The second-order valence-electron chi connectivity index (χ2n) is 21.2. The van der Waals surface area contributed by atoms with Gasteiger partial charge in [-0.25, -0.2) is 69.4 Å². The summed E-state index contributed by atoms with van der Waals surface area (Å²) in [5.74, 6) is 6.33. The van der Waals surface area contributed by atoms with E-state index in [-0.39, 0.29) is 17.8 Å². The summed E-state index contributed by atoms with van der Waals surface area (Å²) >= 11 is 0. The lowest BCUT2D eigenvalue weighted by molar-refractivity contribution is -0.594. The first-order chi connectivity index (χ1) is 42.4. The molecule has 0 aliphatic rings. The Balaban J connectivity index is 0.000000137. The number of hydrogen-bond donors (Lipinski definition) is 1. The summed E-state index contributed by atoms with van der Waals surface area (Å²) in [6.45, 7) is 16.3. The van der Waals surface area contributed by atoms with E-state index in [1.165, 1.54) is 0 Å². The molecule has 11 aromatic heterocycles. The maximum Gasteiger partial charge on any atom is 0.246 e.